The fourth-order valence-electron chi connectivity index (χ4n) is 4.14. The van der Waals surface area contributed by atoms with Crippen molar-refractivity contribution in [2.75, 3.05) is 0 Å². The lowest BCUT2D eigenvalue weighted by molar-refractivity contribution is 0.678. The molecule has 0 N–H and O–H groups in total. The predicted molar refractivity (Wildman–Crippen MR) is 122 cm³/mol. The summed E-state index contributed by atoms with van der Waals surface area (Å²) in [6, 6.07) is 29.4. The van der Waals surface area contributed by atoms with Crippen molar-refractivity contribution in [3.8, 4) is 11.3 Å². The van der Waals surface area contributed by atoms with Crippen molar-refractivity contribution in [3.63, 3.8) is 0 Å². The van der Waals surface area contributed by atoms with Crippen molar-refractivity contribution in [1.29, 1.82) is 0 Å². The standard InChI is InChI=1S/C26H21ClN2/c27-21-14-12-20(13-15-21)25-26-23(16-17-28-25)22-10-4-5-11-24(22)29(26)18-6-9-19-7-2-1-3-8-19/h1-5,7-8,10-17H,6,9,18H2. The molecule has 3 heteroatoms. The molecule has 0 atom stereocenters. The zero-order chi connectivity index (χ0) is 19.6. The fraction of sp³-hybridized carbons (Fsp3) is 0.115. The molecule has 0 aliphatic carbocycles. The van der Waals surface area contributed by atoms with Crippen molar-refractivity contribution in [1.82, 2.24) is 9.55 Å². The normalized spacial score (nSPS) is 11.3. The van der Waals surface area contributed by atoms with Gasteiger partial charge in [0.05, 0.1) is 11.2 Å². The van der Waals surface area contributed by atoms with Gasteiger partial charge >= 0.3 is 0 Å². The molecule has 2 aromatic heterocycles. The van der Waals surface area contributed by atoms with Gasteiger partial charge < -0.3 is 4.57 Å². The Kier molecular flexibility index (Phi) is 4.79. The summed E-state index contributed by atoms with van der Waals surface area (Å²) in [5, 5.41) is 3.27. The van der Waals surface area contributed by atoms with Gasteiger partial charge in [0.25, 0.3) is 0 Å². The lowest BCUT2D eigenvalue weighted by Gasteiger charge is -2.11. The average Bonchev–Trinajstić information content (AvgIpc) is 3.09. The lowest BCUT2D eigenvalue weighted by Crippen LogP contribution is -2.01. The van der Waals surface area contributed by atoms with E-state index >= 15 is 0 Å². The maximum absolute atomic E-state index is 6.11. The monoisotopic (exact) mass is 396 g/mol. The molecule has 2 nitrogen and oxygen atoms in total. The van der Waals surface area contributed by atoms with Crippen molar-refractivity contribution in [3.05, 3.63) is 102 Å². The Morgan fingerprint density at radius 1 is 0.759 bits per heavy atom. The van der Waals surface area contributed by atoms with E-state index in [9.17, 15) is 0 Å². The number of hydrogen-bond acceptors (Lipinski definition) is 1. The zero-order valence-corrected chi connectivity index (χ0v) is 16.8. The second-order valence-corrected chi connectivity index (χ2v) is 7.76. The molecule has 0 spiro atoms. The molecule has 0 aliphatic heterocycles. The van der Waals surface area contributed by atoms with Crippen LogP contribution in [0.5, 0.6) is 0 Å². The van der Waals surface area contributed by atoms with Gasteiger partial charge in [-0.1, -0.05) is 72.3 Å². The highest BCUT2D eigenvalue weighted by Gasteiger charge is 2.15. The summed E-state index contributed by atoms with van der Waals surface area (Å²) in [6.45, 7) is 0.950. The Labute approximate surface area is 175 Å². The average molecular weight is 397 g/mol. The first kappa shape index (κ1) is 18.0. The zero-order valence-electron chi connectivity index (χ0n) is 16.1. The Balaban J connectivity index is 1.63. The first-order chi connectivity index (χ1) is 14.3. The van der Waals surface area contributed by atoms with E-state index in [4.69, 9.17) is 16.6 Å². The molecule has 29 heavy (non-hydrogen) atoms. The lowest BCUT2D eigenvalue weighted by atomic mass is 10.1. The Morgan fingerprint density at radius 2 is 1.52 bits per heavy atom. The van der Waals surface area contributed by atoms with Gasteiger partial charge in [-0.15, -0.1) is 0 Å². The SMILES string of the molecule is Clc1ccc(-c2nccc3c4ccccc4n(CCCc4ccccc4)c23)cc1. The second-order valence-electron chi connectivity index (χ2n) is 7.32. The minimum absolute atomic E-state index is 0.740. The van der Waals surface area contributed by atoms with Crippen LogP contribution in [0.2, 0.25) is 5.02 Å². The largest absolute Gasteiger partial charge is 0.339 e. The van der Waals surface area contributed by atoms with Crippen LogP contribution in [0, 0.1) is 0 Å². The predicted octanol–water partition coefficient (Wildman–Crippen LogP) is 7.14. The van der Waals surface area contributed by atoms with Gasteiger partial charge in [-0.3, -0.25) is 4.98 Å². The molecule has 0 fully saturated rings. The van der Waals surface area contributed by atoms with Crippen molar-refractivity contribution in [2.24, 2.45) is 0 Å². The number of rotatable bonds is 5. The van der Waals surface area contributed by atoms with Gasteiger partial charge in [0.1, 0.15) is 0 Å². The quantitative estimate of drug-likeness (QED) is 0.308. The number of benzene rings is 3. The molecule has 5 rings (SSSR count). The molecular formula is C26H21ClN2. The van der Waals surface area contributed by atoms with Crippen LogP contribution in [-0.2, 0) is 13.0 Å². The molecule has 0 amide bonds. The highest BCUT2D eigenvalue weighted by atomic mass is 35.5. The molecule has 0 aliphatic rings. The molecule has 142 valence electrons. The van der Waals surface area contributed by atoms with Gasteiger partial charge in [0, 0.05) is 39.6 Å². The third kappa shape index (κ3) is 3.41. The van der Waals surface area contributed by atoms with Crippen LogP contribution in [0.15, 0.2) is 91.1 Å². The summed E-state index contributed by atoms with van der Waals surface area (Å²) in [6.07, 6.45) is 4.05. The topological polar surface area (TPSA) is 17.8 Å². The summed E-state index contributed by atoms with van der Waals surface area (Å²) in [7, 11) is 0. The van der Waals surface area contributed by atoms with Gasteiger partial charge in [-0.2, -0.15) is 0 Å². The molecule has 0 radical (unpaired) electrons. The van der Waals surface area contributed by atoms with E-state index in [0.29, 0.717) is 0 Å². The van der Waals surface area contributed by atoms with Gasteiger partial charge in [-0.25, -0.2) is 0 Å². The molecule has 0 saturated heterocycles. The van der Waals surface area contributed by atoms with E-state index in [0.717, 1.165) is 35.7 Å². The Hall–Kier alpha value is -3.10. The number of aromatic nitrogens is 2. The third-order valence-corrected chi connectivity index (χ3v) is 5.74. The van der Waals surface area contributed by atoms with E-state index in [1.165, 1.54) is 27.4 Å². The smallest absolute Gasteiger partial charge is 0.0945 e. The van der Waals surface area contributed by atoms with Crippen molar-refractivity contribution >= 4 is 33.4 Å². The fourth-order valence-corrected chi connectivity index (χ4v) is 4.26. The van der Waals surface area contributed by atoms with Crippen LogP contribution in [0.3, 0.4) is 0 Å². The maximum atomic E-state index is 6.11. The van der Waals surface area contributed by atoms with Crippen LogP contribution in [0.25, 0.3) is 33.1 Å². The van der Waals surface area contributed by atoms with Crippen molar-refractivity contribution in [2.45, 2.75) is 19.4 Å². The third-order valence-electron chi connectivity index (χ3n) is 5.49. The maximum Gasteiger partial charge on any atom is 0.0945 e. The van der Waals surface area contributed by atoms with Gasteiger partial charge in [-0.05, 0) is 42.7 Å². The summed E-state index contributed by atoms with van der Waals surface area (Å²) < 4.78 is 2.44. The summed E-state index contributed by atoms with van der Waals surface area (Å²) in [4.78, 5) is 4.77. The van der Waals surface area contributed by atoms with Crippen LogP contribution < -0.4 is 0 Å². The highest BCUT2D eigenvalue weighted by molar-refractivity contribution is 6.30. The Morgan fingerprint density at radius 3 is 2.34 bits per heavy atom. The van der Waals surface area contributed by atoms with Gasteiger partial charge in [0.15, 0.2) is 0 Å². The Bertz CT molecular complexity index is 1270. The van der Waals surface area contributed by atoms with Crippen LogP contribution in [-0.4, -0.2) is 9.55 Å². The molecule has 0 bridgehead atoms. The van der Waals surface area contributed by atoms with E-state index in [2.05, 4.69) is 77.4 Å². The van der Waals surface area contributed by atoms with Crippen LogP contribution in [0.4, 0.5) is 0 Å². The first-order valence-electron chi connectivity index (χ1n) is 9.97. The molecule has 2 heterocycles. The van der Waals surface area contributed by atoms with E-state index in [1.807, 2.05) is 18.3 Å². The molecule has 3 aromatic carbocycles. The molecule has 0 saturated carbocycles. The van der Waals surface area contributed by atoms with Crippen LogP contribution in [0.1, 0.15) is 12.0 Å². The van der Waals surface area contributed by atoms with Crippen LogP contribution >= 0.6 is 11.6 Å². The summed E-state index contributed by atoms with van der Waals surface area (Å²) in [5.74, 6) is 0. The highest BCUT2D eigenvalue weighted by Crippen LogP contribution is 2.35. The summed E-state index contributed by atoms with van der Waals surface area (Å²) in [5.41, 5.74) is 5.94. The minimum Gasteiger partial charge on any atom is -0.339 e. The number of nitrogens with zero attached hydrogens (tertiary/aromatic N) is 2. The number of hydrogen-bond donors (Lipinski definition) is 0. The van der Waals surface area contributed by atoms with E-state index in [-0.39, 0.29) is 0 Å². The number of fused-ring (bicyclic) bond motifs is 3. The van der Waals surface area contributed by atoms with Gasteiger partial charge in [0.2, 0.25) is 0 Å². The molecule has 5 aromatic rings. The number of aryl methyl sites for hydroxylation is 2. The van der Waals surface area contributed by atoms with E-state index < -0.39 is 0 Å². The van der Waals surface area contributed by atoms with E-state index in [1.54, 1.807) is 0 Å². The number of pyridine rings is 1. The minimum atomic E-state index is 0.740. The summed E-state index contributed by atoms with van der Waals surface area (Å²) >= 11 is 6.11. The number of para-hydroxylation sites is 1. The first-order valence-corrected chi connectivity index (χ1v) is 10.3. The molecular weight excluding hydrogens is 376 g/mol. The number of halogens is 1. The second kappa shape index (κ2) is 7.73. The van der Waals surface area contributed by atoms with Crippen molar-refractivity contribution < 1.29 is 0 Å². The molecule has 0 unspecified atom stereocenters.